The summed E-state index contributed by atoms with van der Waals surface area (Å²) in [7, 11) is 0. The predicted octanol–water partition coefficient (Wildman–Crippen LogP) is 1.42. The summed E-state index contributed by atoms with van der Waals surface area (Å²) >= 11 is 1.31. The van der Waals surface area contributed by atoms with Gasteiger partial charge in [-0.15, -0.1) is 10.2 Å². The molecule has 0 unspecified atom stereocenters. The number of anilines is 1. The zero-order valence-corrected chi connectivity index (χ0v) is 10.1. The summed E-state index contributed by atoms with van der Waals surface area (Å²) in [5.41, 5.74) is 5.59. The first-order chi connectivity index (χ1) is 8.20. The molecule has 90 valence electrons. The fourth-order valence-corrected chi connectivity index (χ4v) is 1.97. The number of pyridine rings is 1. The van der Waals surface area contributed by atoms with Gasteiger partial charge in [0, 0.05) is 13.1 Å². The molecule has 0 atom stereocenters. The van der Waals surface area contributed by atoms with Crippen LogP contribution in [0.4, 0.5) is 10.2 Å². The van der Waals surface area contributed by atoms with Gasteiger partial charge in [0.2, 0.25) is 0 Å². The van der Waals surface area contributed by atoms with Gasteiger partial charge in [0.05, 0.1) is 0 Å². The number of aromatic nitrogens is 3. The molecule has 0 saturated carbocycles. The molecule has 0 aromatic carbocycles. The van der Waals surface area contributed by atoms with Crippen molar-refractivity contribution >= 4 is 17.2 Å². The highest BCUT2D eigenvalue weighted by Gasteiger charge is 2.12. The molecule has 0 spiro atoms. The number of rotatable bonds is 4. The molecule has 0 aliphatic rings. The van der Waals surface area contributed by atoms with Gasteiger partial charge in [-0.25, -0.2) is 9.37 Å². The number of hydrogen-bond donors (Lipinski definition) is 2. The van der Waals surface area contributed by atoms with Crippen LogP contribution in [0.25, 0.3) is 10.7 Å². The fraction of sp³-hybridized carbons (Fsp3) is 0.300. The van der Waals surface area contributed by atoms with Crippen LogP contribution in [0.15, 0.2) is 12.1 Å². The summed E-state index contributed by atoms with van der Waals surface area (Å²) in [6.07, 6.45) is 0. The Morgan fingerprint density at radius 2 is 2.24 bits per heavy atom. The van der Waals surface area contributed by atoms with Gasteiger partial charge in [-0.2, -0.15) is 0 Å². The van der Waals surface area contributed by atoms with Crippen LogP contribution >= 0.6 is 11.3 Å². The van der Waals surface area contributed by atoms with Crippen molar-refractivity contribution in [2.75, 3.05) is 18.4 Å². The molecule has 2 rings (SSSR count). The summed E-state index contributed by atoms with van der Waals surface area (Å²) in [5, 5.41) is 12.0. The van der Waals surface area contributed by atoms with E-state index >= 15 is 0 Å². The number of hydrogen-bond acceptors (Lipinski definition) is 6. The van der Waals surface area contributed by atoms with Crippen LogP contribution in [0.1, 0.15) is 5.01 Å². The molecule has 0 aliphatic heterocycles. The van der Waals surface area contributed by atoms with Crippen molar-refractivity contribution in [2.45, 2.75) is 6.92 Å². The molecule has 0 saturated heterocycles. The first-order valence-electron chi connectivity index (χ1n) is 5.11. The van der Waals surface area contributed by atoms with E-state index < -0.39 is 5.82 Å². The quantitative estimate of drug-likeness (QED) is 0.861. The third-order valence-electron chi connectivity index (χ3n) is 2.03. The van der Waals surface area contributed by atoms with Crippen molar-refractivity contribution in [3.8, 4) is 10.7 Å². The molecule has 7 heteroatoms. The molecular formula is C10H12FN5S. The second-order valence-corrected chi connectivity index (χ2v) is 4.55. The van der Waals surface area contributed by atoms with E-state index in [0.717, 1.165) is 5.01 Å². The number of nitrogens with two attached hydrogens (primary N) is 1. The highest BCUT2D eigenvalue weighted by Crippen LogP contribution is 2.25. The van der Waals surface area contributed by atoms with Crippen LogP contribution in [-0.4, -0.2) is 28.3 Å². The minimum absolute atomic E-state index is 0.220. The lowest BCUT2D eigenvalue weighted by molar-refractivity contribution is 0.625. The van der Waals surface area contributed by atoms with E-state index in [0.29, 0.717) is 23.9 Å². The molecule has 2 heterocycles. The lowest BCUT2D eigenvalue weighted by Crippen LogP contribution is -2.14. The van der Waals surface area contributed by atoms with Crippen molar-refractivity contribution in [3.63, 3.8) is 0 Å². The Morgan fingerprint density at radius 1 is 1.41 bits per heavy atom. The number of nitrogens with one attached hydrogen (secondary N) is 1. The highest BCUT2D eigenvalue weighted by molar-refractivity contribution is 7.14. The normalized spacial score (nSPS) is 10.5. The summed E-state index contributed by atoms with van der Waals surface area (Å²) in [6.45, 7) is 2.90. The first kappa shape index (κ1) is 11.9. The minimum Gasteiger partial charge on any atom is -0.369 e. The molecule has 2 aromatic heterocycles. The Morgan fingerprint density at radius 3 is 2.88 bits per heavy atom. The van der Waals surface area contributed by atoms with Crippen LogP contribution in [-0.2, 0) is 0 Å². The molecule has 5 nitrogen and oxygen atoms in total. The average Bonchev–Trinajstić information content (AvgIpc) is 2.75. The van der Waals surface area contributed by atoms with E-state index in [-0.39, 0.29) is 5.69 Å². The van der Waals surface area contributed by atoms with Crippen molar-refractivity contribution in [3.05, 3.63) is 23.0 Å². The Labute approximate surface area is 102 Å². The largest absolute Gasteiger partial charge is 0.369 e. The summed E-state index contributed by atoms with van der Waals surface area (Å²) in [5.74, 6) is 0.180. The number of aryl methyl sites for hydroxylation is 1. The minimum atomic E-state index is -0.403. The van der Waals surface area contributed by atoms with E-state index in [1.165, 1.54) is 17.4 Å². The second-order valence-electron chi connectivity index (χ2n) is 3.37. The Bertz CT molecular complexity index is 513. The third-order valence-corrected chi connectivity index (χ3v) is 2.87. The summed E-state index contributed by atoms with van der Waals surface area (Å²) < 4.78 is 13.6. The van der Waals surface area contributed by atoms with E-state index in [2.05, 4.69) is 20.5 Å². The highest BCUT2D eigenvalue weighted by atomic mass is 32.1. The molecule has 0 bridgehead atoms. The Balaban J connectivity index is 2.32. The molecule has 0 fully saturated rings. The SMILES string of the molecule is Cc1nnc(-c2nc(NCCN)ccc2F)s1. The Hall–Kier alpha value is -1.60. The van der Waals surface area contributed by atoms with E-state index in [4.69, 9.17) is 5.73 Å². The molecule has 0 aliphatic carbocycles. The van der Waals surface area contributed by atoms with Crippen molar-refractivity contribution in [1.82, 2.24) is 15.2 Å². The molecule has 2 aromatic rings. The third kappa shape index (κ3) is 2.75. The fourth-order valence-electron chi connectivity index (χ4n) is 1.28. The van der Waals surface area contributed by atoms with Crippen LogP contribution < -0.4 is 11.1 Å². The van der Waals surface area contributed by atoms with Crippen molar-refractivity contribution in [1.29, 1.82) is 0 Å². The molecule has 0 radical (unpaired) electrons. The maximum Gasteiger partial charge on any atom is 0.169 e. The zero-order chi connectivity index (χ0) is 12.3. The van der Waals surface area contributed by atoms with E-state index in [1.54, 1.807) is 6.07 Å². The van der Waals surface area contributed by atoms with Gasteiger partial charge in [-0.1, -0.05) is 11.3 Å². The molecule has 0 amide bonds. The molecular weight excluding hydrogens is 241 g/mol. The Kier molecular flexibility index (Phi) is 3.60. The monoisotopic (exact) mass is 253 g/mol. The van der Waals surface area contributed by atoms with E-state index in [9.17, 15) is 4.39 Å². The van der Waals surface area contributed by atoms with Crippen LogP contribution in [0, 0.1) is 12.7 Å². The van der Waals surface area contributed by atoms with Gasteiger partial charge in [0.15, 0.2) is 10.8 Å². The van der Waals surface area contributed by atoms with Crippen molar-refractivity contribution < 1.29 is 4.39 Å². The smallest absolute Gasteiger partial charge is 0.169 e. The lowest BCUT2D eigenvalue weighted by Gasteiger charge is -2.05. The first-order valence-corrected chi connectivity index (χ1v) is 5.93. The lowest BCUT2D eigenvalue weighted by atomic mass is 10.3. The van der Waals surface area contributed by atoms with Crippen LogP contribution in [0.3, 0.4) is 0 Å². The van der Waals surface area contributed by atoms with Gasteiger partial charge >= 0.3 is 0 Å². The van der Waals surface area contributed by atoms with E-state index in [1.807, 2.05) is 6.92 Å². The predicted molar refractivity (Wildman–Crippen MR) is 65.4 cm³/mol. The molecule has 17 heavy (non-hydrogen) atoms. The second kappa shape index (κ2) is 5.15. The summed E-state index contributed by atoms with van der Waals surface area (Å²) in [6, 6.07) is 2.93. The number of halogens is 1. The van der Waals surface area contributed by atoms with Crippen LogP contribution in [0.5, 0.6) is 0 Å². The van der Waals surface area contributed by atoms with Crippen molar-refractivity contribution in [2.24, 2.45) is 5.73 Å². The maximum absolute atomic E-state index is 13.6. The zero-order valence-electron chi connectivity index (χ0n) is 9.27. The maximum atomic E-state index is 13.6. The average molecular weight is 253 g/mol. The molecule has 3 N–H and O–H groups in total. The summed E-state index contributed by atoms with van der Waals surface area (Å²) in [4.78, 5) is 4.16. The van der Waals surface area contributed by atoms with Gasteiger partial charge in [0.1, 0.15) is 16.5 Å². The van der Waals surface area contributed by atoms with Crippen LogP contribution in [0.2, 0.25) is 0 Å². The van der Waals surface area contributed by atoms with Gasteiger partial charge in [0.25, 0.3) is 0 Å². The van der Waals surface area contributed by atoms with Gasteiger partial charge in [-0.3, -0.25) is 0 Å². The number of nitrogens with zero attached hydrogens (tertiary/aromatic N) is 3. The van der Waals surface area contributed by atoms with Gasteiger partial charge in [-0.05, 0) is 19.1 Å². The van der Waals surface area contributed by atoms with Gasteiger partial charge < -0.3 is 11.1 Å². The topological polar surface area (TPSA) is 76.7 Å². The standard InChI is InChI=1S/C10H12FN5S/c1-6-15-16-10(17-6)9-7(11)2-3-8(14-9)13-5-4-12/h2-3H,4-5,12H2,1H3,(H,13,14).